The number of benzene rings is 1. The van der Waals surface area contributed by atoms with Gasteiger partial charge in [0, 0.05) is 0 Å². The van der Waals surface area contributed by atoms with Gasteiger partial charge in [0.15, 0.2) is 9.84 Å². The maximum absolute atomic E-state index is 12.2. The zero-order chi connectivity index (χ0) is 13.1. The van der Waals surface area contributed by atoms with Crippen molar-refractivity contribution < 1.29 is 8.42 Å². The Kier molecular flexibility index (Phi) is 4.33. The highest BCUT2D eigenvalue weighted by Gasteiger charge is 2.29. The number of hydrogen-bond acceptors (Lipinski definition) is 2. The third kappa shape index (κ3) is 3.82. The fourth-order valence-corrected chi connectivity index (χ4v) is 6.37. The standard InChI is InChI=1S/C13H20O2SSi/c1-5-13(17(2,3)4)11-16(14,15)12-9-7-6-8-10-12/h5-10,13H,1,11H2,2-4H3. The lowest BCUT2D eigenvalue weighted by Crippen LogP contribution is -2.31. The lowest BCUT2D eigenvalue weighted by Gasteiger charge is -2.25. The van der Waals surface area contributed by atoms with Gasteiger partial charge in [-0.05, 0) is 17.7 Å². The fourth-order valence-electron chi connectivity index (χ4n) is 1.63. The van der Waals surface area contributed by atoms with E-state index in [1.807, 2.05) is 6.07 Å². The van der Waals surface area contributed by atoms with E-state index in [-0.39, 0.29) is 11.3 Å². The van der Waals surface area contributed by atoms with Gasteiger partial charge >= 0.3 is 0 Å². The SMILES string of the molecule is C=CC(CS(=O)(=O)c1ccccc1)[Si](C)(C)C. The van der Waals surface area contributed by atoms with E-state index in [9.17, 15) is 8.42 Å². The van der Waals surface area contributed by atoms with E-state index in [0.717, 1.165) is 0 Å². The van der Waals surface area contributed by atoms with Crippen LogP contribution in [-0.2, 0) is 9.84 Å². The molecule has 0 saturated heterocycles. The van der Waals surface area contributed by atoms with Crippen LogP contribution in [-0.4, -0.2) is 22.2 Å². The topological polar surface area (TPSA) is 34.1 Å². The summed E-state index contributed by atoms with van der Waals surface area (Å²) in [6.07, 6.45) is 1.80. The molecule has 0 spiro atoms. The number of hydrogen-bond donors (Lipinski definition) is 0. The van der Waals surface area contributed by atoms with Gasteiger partial charge in [-0.25, -0.2) is 8.42 Å². The number of sulfone groups is 1. The second-order valence-corrected chi connectivity index (χ2v) is 12.8. The van der Waals surface area contributed by atoms with Gasteiger partial charge in [-0.2, -0.15) is 0 Å². The van der Waals surface area contributed by atoms with E-state index in [2.05, 4.69) is 26.2 Å². The number of rotatable bonds is 5. The molecule has 0 fully saturated rings. The van der Waals surface area contributed by atoms with E-state index in [4.69, 9.17) is 0 Å². The summed E-state index contributed by atoms with van der Waals surface area (Å²) in [6.45, 7) is 10.3. The third-order valence-corrected chi connectivity index (χ3v) is 7.65. The van der Waals surface area contributed by atoms with E-state index in [1.165, 1.54) is 0 Å². The van der Waals surface area contributed by atoms with Crippen molar-refractivity contribution in [3.63, 3.8) is 0 Å². The molecule has 0 N–H and O–H groups in total. The van der Waals surface area contributed by atoms with Gasteiger partial charge in [-0.15, -0.1) is 6.58 Å². The Morgan fingerprint density at radius 2 is 1.76 bits per heavy atom. The molecule has 1 atom stereocenters. The molecule has 0 amide bonds. The first-order valence-electron chi connectivity index (χ1n) is 5.68. The van der Waals surface area contributed by atoms with Crippen molar-refractivity contribution in [3.8, 4) is 0 Å². The minimum atomic E-state index is -3.19. The van der Waals surface area contributed by atoms with Gasteiger partial charge in [-0.3, -0.25) is 0 Å². The molecule has 0 bridgehead atoms. The van der Waals surface area contributed by atoms with Crippen LogP contribution in [0.3, 0.4) is 0 Å². The Labute approximate surface area is 105 Å². The lowest BCUT2D eigenvalue weighted by molar-refractivity contribution is 0.595. The molecule has 0 aliphatic carbocycles. The second kappa shape index (κ2) is 5.19. The van der Waals surface area contributed by atoms with Crippen molar-refractivity contribution in [1.82, 2.24) is 0 Å². The van der Waals surface area contributed by atoms with Crippen molar-refractivity contribution in [2.75, 3.05) is 5.75 Å². The molecule has 0 aliphatic rings. The van der Waals surface area contributed by atoms with Crippen LogP contribution in [0, 0.1) is 0 Å². The van der Waals surface area contributed by atoms with E-state index >= 15 is 0 Å². The molecule has 1 unspecified atom stereocenters. The highest BCUT2D eigenvalue weighted by atomic mass is 32.2. The molecule has 0 aromatic heterocycles. The van der Waals surface area contributed by atoms with E-state index in [1.54, 1.807) is 30.3 Å². The van der Waals surface area contributed by atoms with Crippen LogP contribution in [0.1, 0.15) is 0 Å². The lowest BCUT2D eigenvalue weighted by atomic mass is 10.4. The summed E-state index contributed by atoms with van der Waals surface area (Å²) < 4.78 is 24.4. The van der Waals surface area contributed by atoms with Gasteiger partial charge in [0.1, 0.15) is 0 Å². The molecule has 0 radical (unpaired) electrons. The summed E-state index contributed by atoms with van der Waals surface area (Å²) >= 11 is 0. The molecule has 0 heterocycles. The molecule has 4 heteroatoms. The molecule has 0 saturated carbocycles. The Hall–Kier alpha value is -0.873. The monoisotopic (exact) mass is 268 g/mol. The Bertz CT molecular complexity index is 472. The van der Waals surface area contributed by atoms with Crippen molar-refractivity contribution in [1.29, 1.82) is 0 Å². The molecule has 1 aromatic carbocycles. The Balaban J connectivity index is 2.98. The molecular formula is C13H20O2SSi. The minimum Gasteiger partial charge on any atom is -0.224 e. The van der Waals surface area contributed by atoms with Gasteiger partial charge in [0.2, 0.25) is 0 Å². The average molecular weight is 268 g/mol. The van der Waals surface area contributed by atoms with Crippen LogP contribution in [0.4, 0.5) is 0 Å². The predicted molar refractivity (Wildman–Crippen MR) is 75.8 cm³/mol. The van der Waals surface area contributed by atoms with Crippen molar-refractivity contribution in [2.45, 2.75) is 30.1 Å². The first-order valence-corrected chi connectivity index (χ1v) is 10.9. The summed E-state index contributed by atoms with van der Waals surface area (Å²) in [7, 11) is -4.72. The molecule has 2 nitrogen and oxygen atoms in total. The largest absolute Gasteiger partial charge is 0.224 e. The average Bonchev–Trinajstić information content (AvgIpc) is 2.25. The first-order chi connectivity index (χ1) is 7.77. The van der Waals surface area contributed by atoms with Crippen molar-refractivity contribution in [2.24, 2.45) is 0 Å². The summed E-state index contributed by atoms with van der Waals surface area (Å²) in [6, 6.07) is 8.64. The highest BCUT2D eigenvalue weighted by molar-refractivity contribution is 7.91. The minimum absolute atomic E-state index is 0.0905. The van der Waals surface area contributed by atoms with Gasteiger partial charge < -0.3 is 0 Å². The van der Waals surface area contributed by atoms with Crippen LogP contribution < -0.4 is 0 Å². The third-order valence-electron chi connectivity index (χ3n) is 2.90. The fraction of sp³-hybridized carbons (Fsp3) is 0.385. The Morgan fingerprint density at radius 1 is 1.24 bits per heavy atom. The summed E-state index contributed by atoms with van der Waals surface area (Å²) in [5, 5.41) is 0. The zero-order valence-electron chi connectivity index (χ0n) is 10.7. The maximum Gasteiger partial charge on any atom is 0.178 e. The summed E-state index contributed by atoms with van der Waals surface area (Å²) in [5.41, 5.74) is 0.0905. The van der Waals surface area contributed by atoms with Crippen LogP contribution in [0.25, 0.3) is 0 Å². The molecule has 0 aliphatic heterocycles. The molecule has 17 heavy (non-hydrogen) atoms. The molecule has 94 valence electrons. The van der Waals surface area contributed by atoms with Gasteiger partial charge in [0.25, 0.3) is 0 Å². The normalized spacial score (nSPS) is 14.3. The first kappa shape index (κ1) is 14.2. The second-order valence-electron chi connectivity index (χ2n) is 5.30. The molecule has 1 rings (SSSR count). The van der Waals surface area contributed by atoms with Gasteiger partial charge in [-0.1, -0.05) is 43.9 Å². The predicted octanol–water partition coefficient (Wildman–Crippen LogP) is 3.35. The van der Waals surface area contributed by atoms with Crippen LogP contribution in [0.2, 0.25) is 25.2 Å². The van der Waals surface area contributed by atoms with Crippen molar-refractivity contribution in [3.05, 3.63) is 43.0 Å². The summed E-state index contributed by atoms with van der Waals surface area (Å²) in [5.74, 6) is 0.177. The zero-order valence-corrected chi connectivity index (χ0v) is 12.5. The number of allylic oxidation sites excluding steroid dienone is 1. The molecule has 1 aromatic rings. The van der Waals surface area contributed by atoms with E-state index in [0.29, 0.717) is 4.90 Å². The molecular weight excluding hydrogens is 248 g/mol. The van der Waals surface area contributed by atoms with Gasteiger partial charge in [0.05, 0.1) is 18.7 Å². The summed E-state index contributed by atoms with van der Waals surface area (Å²) in [4.78, 5) is 0.408. The quantitative estimate of drug-likeness (QED) is 0.606. The van der Waals surface area contributed by atoms with Crippen LogP contribution in [0.5, 0.6) is 0 Å². The Morgan fingerprint density at radius 3 is 2.18 bits per heavy atom. The van der Waals surface area contributed by atoms with Crippen LogP contribution in [0.15, 0.2) is 47.9 Å². The smallest absolute Gasteiger partial charge is 0.178 e. The van der Waals surface area contributed by atoms with Crippen LogP contribution >= 0.6 is 0 Å². The maximum atomic E-state index is 12.2. The highest BCUT2D eigenvalue weighted by Crippen LogP contribution is 2.27. The van der Waals surface area contributed by atoms with Crippen molar-refractivity contribution >= 4 is 17.9 Å². The van der Waals surface area contributed by atoms with E-state index < -0.39 is 17.9 Å².